The highest BCUT2D eigenvalue weighted by Crippen LogP contribution is 2.30. The molecule has 0 unspecified atom stereocenters. The van der Waals surface area contributed by atoms with Crippen LogP contribution in [0.15, 0.2) is 59.4 Å². The first-order valence-corrected chi connectivity index (χ1v) is 6.26. The van der Waals surface area contributed by atoms with Gasteiger partial charge in [0.05, 0.1) is 12.1 Å². The van der Waals surface area contributed by atoms with Crippen molar-refractivity contribution in [3.05, 3.63) is 70.5 Å². The molecule has 0 aliphatic carbocycles. The van der Waals surface area contributed by atoms with Gasteiger partial charge in [-0.2, -0.15) is 0 Å². The van der Waals surface area contributed by atoms with Crippen LogP contribution in [0.1, 0.15) is 5.56 Å². The van der Waals surface area contributed by atoms with Crippen molar-refractivity contribution in [2.75, 3.05) is 0 Å². The van der Waals surface area contributed by atoms with E-state index in [0.29, 0.717) is 17.4 Å². The predicted molar refractivity (Wildman–Crippen MR) is 77.1 cm³/mol. The fourth-order valence-electron chi connectivity index (χ4n) is 2.30. The maximum atomic E-state index is 12.2. The van der Waals surface area contributed by atoms with E-state index in [4.69, 9.17) is 0 Å². The van der Waals surface area contributed by atoms with Crippen LogP contribution in [0.5, 0.6) is 11.5 Å². The molecule has 0 saturated carbocycles. The molecule has 1 heterocycles. The van der Waals surface area contributed by atoms with Crippen LogP contribution < -0.4 is 5.56 Å². The average Bonchev–Trinajstić information content (AvgIpc) is 2.50. The van der Waals surface area contributed by atoms with Crippen LogP contribution in [0.3, 0.4) is 0 Å². The van der Waals surface area contributed by atoms with Crippen molar-refractivity contribution in [2.45, 2.75) is 6.54 Å². The number of benzene rings is 2. The minimum Gasteiger partial charge on any atom is -0.504 e. The molecule has 0 spiro atoms. The summed E-state index contributed by atoms with van der Waals surface area (Å²) in [6.45, 7) is 0.341. The van der Waals surface area contributed by atoms with Gasteiger partial charge in [-0.25, -0.2) is 0 Å². The van der Waals surface area contributed by atoms with E-state index in [-0.39, 0.29) is 5.75 Å². The molecular formula is C16H13NO3. The normalized spacial score (nSPS) is 10.8. The van der Waals surface area contributed by atoms with E-state index in [0.717, 1.165) is 5.56 Å². The summed E-state index contributed by atoms with van der Waals surface area (Å²) in [4.78, 5) is 12.2. The minimum absolute atomic E-state index is 0.341. The summed E-state index contributed by atoms with van der Waals surface area (Å²) in [5.41, 5.74) is 0.951. The molecule has 1 aromatic heterocycles. The number of hydrogen-bond acceptors (Lipinski definition) is 3. The van der Waals surface area contributed by atoms with Crippen molar-refractivity contribution < 1.29 is 10.2 Å². The zero-order valence-corrected chi connectivity index (χ0v) is 10.7. The van der Waals surface area contributed by atoms with Gasteiger partial charge in [0, 0.05) is 5.39 Å². The summed E-state index contributed by atoms with van der Waals surface area (Å²) in [6.07, 6.45) is 0. The van der Waals surface area contributed by atoms with E-state index in [2.05, 4.69) is 0 Å². The van der Waals surface area contributed by atoms with Crippen molar-refractivity contribution in [3.8, 4) is 11.5 Å². The Morgan fingerprint density at radius 2 is 1.50 bits per heavy atom. The van der Waals surface area contributed by atoms with Gasteiger partial charge in [0.1, 0.15) is 0 Å². The Bertz CT molecular complexity index is 822. The minimum atomic E-state index is -0.611. The molecule has 3 rings (SSSR count). The van der Waals surface area contributed by atoms with Gasteiger partial charge in [-0.05, 0) is 17.7 Å². The fraction of sp³-hybridized carbons (Fsp3) is 0.0625. The second-order valence-electron chi connectivity index (χ2n) is 4.59. The van der Waals surface area contributed by atoms with Gasteiger partial charge in [-0.1, -0.05) is 42.5 Å². The van der Waals surface area contributed by atoms with E-state index >= 15 is 0 Å². The van der Waals surface area contributed by atoms with Gasteiger partial charge in [-0.3, -0.25) is 4.79 Å². The molecule has 4 heteroatoms. The average molecular weight is 267 g/mol. The monoisotopic (exact) mass is 267 g/mol. The van der Waals surface area contributed by atoms with Gasteiger partial charge < -0.3 is 14.8 Å². The third-order valence-corrected chi connectivity index (χ3v) is 3.31. The van der Waals surface area contributed by atoms with Crippen LogP contribution in [0.4, 0.5) is 0 Å². The number of nitrogens with zero attached hydrogens (tertiary/aromatic N) is 1. The van der Waals surface area contributed by atoms with Crippen molar-refractivity contribution in [2.24, 2.45) is 0 Å². The molecular weight excluding hydrogens is 254 g/mol. The summed E-state index contributed by atoms with van der Waals surface area (Å²) in [5, 5.41) is 20.1. The fourth-order valence-corrected chi connectivity index (χ4v) is 2.30. The Balaban J connectivity index is 2.27. The topological polar surface area (TPSA) is 62.5 Å². The van der Waals surface area contributed by atoms with E-state index in [9.17, 15) is 15.0 Å². The second-order valence-corrected chi connectivity index (χ2v) is 4.59. The largest absolute Gasteiger partial charge is 0.504 e. The maximum Gasteiger partial charge on any atom is 0.297 e. The number of para-hydroxylation sites is 1. The van der Waals surface area contributed by atoms with Crippen LogP contribution in [0.25, 0.3) is 10.9 Å². The van der Waals surface area contributed by atoms with Crippen LogP contribution in [0, 0.1) is 0 Å². The number of aromatic nitrogens is 1. The molecule has 0 atom stereocenters. The van der Waals surface area contributed by atoms with Gasteiger partial charge >= 0.3 is 0 Å². The molecule has 0 bridgehead atoms. The lowest BCUT2D eigenvalue weighted by molar-refractivity contribution is 0.398. The first-order chi connectivity index (χ1) is 9.68. The zero-order valence-electron chi connectivity index (χ0n) is 10.7. The van der Waals surface area contributed by atoms with Crippen LogP contribution in [-0.4, -0.2) is 14.8 Å². The standard InChI is InChI=1S/C16H13NO3/c18-14-12-8-4-5-9-13(12)17(16(20)15(14)19)10-11-6-2-1-3-7-11/h1-9,18-19H,10H2. The molecule has 3 aromatic rings. The molecule has 0 fully saturated rings. The molecule has 20 heavy (non-hydrogen) atoms. The van der Waals surface area contributed by atoms with Crippen LogP contribution in [-0.2, 0) is 6.54 Å². The second kappa shape index (κ2) is 4.74. The summed E-state index contributed by atoms with van der Waals surface area (Å²) in [6, 6.07) is 16.5. The molecule has 0 aliphatic heterocycles. The Hall–Kier alpha value is -2.75. The smallest absolute Gasteiger partial charge is 0.297 e. The van der Waals surface area contributed by atoms with Crippen molar-refractivity contribution in [3.63, 3.8) is 0 Å². The Labute approximate surface area is 115 Å². The highest BCUT2D eigenvalue weighted by atomic mass is 16.3. The number of fused-ring (bicyclic) bond motifs is 1. The number of rotatable bonds is 2. The van der Waals surface area contributed by atoms with E-state index in [1.165, 1.54) is 4.57 Å². The molecule has 4 nitrogen and oxygen atoms in total. The van der Waals surface area contributed by atoms with Gasteiger partial charge in [0.2, 0.25) is 5.75 Å². The summed E-state index contributed by atoms with van der Waals surface area (Å²) in [5.74, 6) is -0.977. The highest BCUT2D eigenvalue weighted by Gasteiger charge is 2.14. The molecule has 0 aliphatic rings. The molecule has 0 saturated heterocycles. The third kappa shape index (κ3) is 1.91. The molecule has 100 valence electrons. The van der Waals surface area contributed by atoms with Crippen LogP contribution >= 0.6 is 0 Å². The third-order valence-electron chi connectivity index (χ3n) is 3.31. The highest BCUT2D eigenvalue weighted by molar-refractivity contribution is 5.87. The number of hydrogen-bond donors (Lipinski definition) is 2. The van der Waals surface area contributed by atoms with E-state index < -0.39 is 11.3 Å². The lowest BCUT2D eigenvalue weighted by Gasteiger charge is -2.12. The molecule has 0 radical (unpaired) electrons. The molecule has 0 amide bonds. The number of pyridine rings is 1. The van der Waals surface area contributed by atoms with Crippen molar-refractivity contribution >= 4 is 10.9 Å². The van der Waals surface area contributed by atoms with Crippen LogP contribution in [0.2, 0.25) is 0 Å². The summed E-state index contributed by atoms with van der Waals surface area (Å²) < 4.78 is 1.46. The quantitative estimate of drug-likeness (QED) is 0.749. The first kappa shape index (κ1) is 12.3. The lowest BCUT2D eigenvalue weighted by Crippen LogP contribution is -2.20. The van der Waals surface area contributed by atoms with Gasteiger partial charge in [0.25, 0.3) is 5.56 Å². The lowest BCUT2D eigenvalue weighted by atomic mass is 10.1. The van der Waals surface area contributed by atoms with Crippen molar-refractivity contribution in [1.82, 2.24) is 4.57 Å². The molecule has 2 N–H and O–H groups in total. The molecule has 2 aromatic carbocycles. The Morgan fingerprint density at radius 3 is 2.25 bits per heavy atom. The van der Waals surface area contributed by atoms with E-state index in [1.807, 2.05) is 30.3 Å². The summed E-state index contributed by atoms with van der Waals surface area (Å²) >= 11 is 0. The Morgan fingerprint density at radius 1 is 0.850 bits per heavy atom. The zero-order chi connectivity index (χ0) is 14.1. The van der Waals surface area contributed by atoms with Gasteiger partial charge in [0.15, 0.2) is 5.75 Å². The number of aromatic hydroxyl groups is 2. The maximum absolute atomic E-state index is 12.2. The first-order valence-electron chi connectivity index (χ1n) is 6.26. The van der Waals surface area contributed by atoms with Crippen molar-refractivity contribution in [1.29, 1.82) is 0 Å². The Kier molecular flexibility index (Phi) is 2.91. The van der Waals surface area contributed by atoms with E-state index in [1.54, 1.807) is 24.3 Å². The SMILES string of the molecule is O=c1c(O)c(O)c2ccccc2n1Cc1ccccc1. The van der Waals surface area contributed by atoms with Gasteiger partial charge in [-0.15, -0.1) is 0 Å². The summed E-state index contributed by atoms with van der Waals surface area (Å²) in [7, 11) is 0. The predicted octanol–water partition coefficient (Wildman–Crippen LogP) is 2.46.